The highest BCUT2D eigenvalue weighted by Gasteiger charge is 2.08. The van der Waals surface area contributed by atoms with Crippen molar-refractivity contribution in [2.75, 3.05) is 6.54 Å². The van der Waals surface area contributed by atoms with Crippen LogP contribution in [0.1, 0.15) is 46.1 Å². The van der Waals surface area contributed by atoms with Crippen molar-refractivity contribution in [1.29, 1.82) is 0 Å². The van der Waals surface area contributed by atoms with Gasteiger partial charge < -0.3 is 10.1 Å². The lowest BCUT2D eigenvalue weighted by molar-refractivity contribution is 0.200. The second kappa shape index (κ2) is 8.16. The number of nitrogens with one attached hydrogen (secondary N) is 1. The molecule has 0 fully saturated rings. The van der Waals surface area contributed by atoms with Gasteiger partial charge in [-0.3, -0.25) is 0 Å². The fourth-order valence-electron chi connectivity index (χ4n) is 1.94. The first-order valence-corrected chi connectivity index (χ1v) is 7.18. The normalized spacial score (nSPS) is 12.7. The number of ether oxygens (including phenoxy) is 1. The molecule has 0 aliphatic rings. The van der Waals surface area contributed by atoms with Crippen molar-refractivity contribution in [3.05, 3.63) is 29.6 Å². The van der Waals surface area contributed by atoms with Gasteiger partial charge in [-0.15, -0.1) is 0 Å². The van der Waals surface area contributed by atoms with Gasteiger partial charge in [0.25, 0.3) is 0 Å². The molecule has 0 saturated carbocycles. The quantitative estimate of drug-likeness (QED) is 0.764. The van der Waals surface area contributed by atoms with Crippen LogP contribution in [0.5, 0.6) is 5.75 Å². The zero-order chi connectivity index (χ0) is 14.3. The highest BCUT2D eigenvalue weighted by atomic mass is 19.1. The van der Waals surface area contributed by atoms with Gasteiger partial charge in [-0.05, 0) is 43.5 Å². The van der Waals surface area contributed by atoms with Crippen molar-refractivity contribution in [2.24, 2.45) is 5.92 Å². The predicted molar refractivity (Wildman–Crippen MR) is 77.9 cm³/mol. The second-order valence-corrected chi connectivity index (χ2v) is 5.51. The number of hydrogen-bond donors (Lipinski definition) is 1. The van der Waals surface area contributed by atoms with E-state index in [1.807, 2.05) is 13.0 Å². The molecular weight excluding hydrogens is 241 g/mol. The van der Waals surface area contributed by atoms with Crippen molar-refractivity contribution in [3.8, 4) is 5.75 Å². The summed E-state index contributed by atoms with van der Waals surface area (Å²) in [5.74, 6) is 0.683. The first kappa shape index (κ1) is 16.0. The smallest absolute Gasteiger partial charge is 0.165 e. The Morgan fingerprint density at radius 1 is 1.26 bits per heavy atom. The Hall–Kier alpha value is -1.09. The van der Waals surface area contributed by atoms with Gasteiger partial charge in [-0.1, -0.05) is 33.3 Å². The van der Waals surface area contributed by atoms with Crippen LogP contribution in [-0.2, 0) is 6.54 Å². The monoisotopic (exact) mass is 267 g/mol. The molecule has 3 heteroatoms. The highest BCUT2D eigenvalue weighted by Crippen LogP contribution is 2.20. The SMILES string of the molecule is CCCC(C)Oc1ccc(CNCC(C)C)cc1F. The minimum Gasteiger partial charge on any atom is -0.488 e. The van der Waals surface area contributed by atoms with Crippen LogP contribution >= 0.6 is 0 Å². The third-order valence-corrected chi connectivity index (χ3v) is 2.90. The van der Waals surface area contributed by atoms with E-state index in [9.17, 15) is 4.39 Å². The highest BCUT2D eigenvalue weighted by molar-refractivity contribution is 5.29. The van der Waals surface area contributed by atoms with Gasteiger partial charge in [0.05, 0.1) is 6.10 Å². The van der Waals surface area contributed by atoms with E-state index in [1.165, 1.54) is 0 Å². The molecule has 1 N–H and O–H groups in total. The average Bonchev–Trinajstić information content (AvgIpc) is 2.32. The van der Waals surface area contributed by atoms with Crippen molar-refractivity contribution in [1.82, 2.24) is 5.32 Å². The summed E-state index contributed by atoms with van der Waals surface area (Å²) in [5, 5.41) is 3.30. The van der Waals surface area contributed by atoms with Gasteiger partial charge in [-0.25, -0.2) is 4.39 Å². The van der Waals surface area contributed by atoms with E-state index in [-0.39, 0.29) is 11.9 Å². The Balaban J connectivity index is 2.54. The van der Waals surface area contributed by atoms with Crippen LogP contribution in [0.4, 0.5) is 4.39 Å². The molecule has 0 saturated heterocycles. The molecule has 1 aromatic carbocycles. The third kappa shape index (κ3) is 6.06. The first-order valence-electron chi connectivity index (χ1n) is 7.18. The van der Waals surface area contributed by atoms with Crippen LogP contribution in [0.3, 0.4) is 0 Å². The van der Waals surface area contributed by atoms with Gasteiger partial charge in [0.2, 0.25) is 0 Å². The predicted octanol–water partition coefficient (Wildman–Crippen LogP) is 4.14. The van der Waals surface area contributed by atoms with Crippen LogP contribution < -0.4 is 10.1 Å². The average molecular weight is 267 g/mol. The fraction of sp³-hybridized carbons (Fsp3) is 0.625. The number of halogens is 1. The molecule has 0 radical (unpaired) electrons. The molecular formula is C16H26FNO. The number of hydrogen-bond acceptors (Lipinski definition) is 2. The largest absolute Gasteiger partial charge is 0.488 e. The minimum absolute atomic E-state index is 0.0596. The molecule has 0 aliphatic heterocycles. The van der Waals surface area contributed by atoms with Gasteiger partial charge in [-0.2, -0.15) is 0 Å². The summed E-state index contributed by atoms with van der Waals surface area (Å²) in [6, 6.07) is 5.21. The first-order chi connectivity index (χ1) is 9.02. The van der Waals surface area contributed by atoms with Gasteiger partial charge >= 0.3 is 0 Å². The maximum absolute atomic E-state index is 13.9. The number of benzene rings is 1. The van der Waals surface area contributed by atoms with Crippen LogP contribution in [0.2, 0.25) is 0 Å². The molecule has 0 aromatic heterocycles. The Morgan fingerprint density at radius 2 is 2.00 bits per heavy atom. The van der Waals surface area contributed by atoms with Crippen molar-refractivity contribution < 1.29 is 9.13 Å². The van der Waals surface area contributed by atoms with E-state index >= 15 is 0 Å². The molecule has 0 aliphatic carbocycles. The van der Waals surface area contributed by atoms with E-state index in [2.05, 4.69) is 26.1 Å². The van der Waals surface area contributed by atoms with Gasteiger partial charge in [0, 0.05) is 6.54 Å². The summed E-state index contributed by atoms with van der Waals surface area (Å²) in [6.07, 6.45) is 2.04. The molecule has 1 atom stereocenters. The summed E-state index contributed by atoms with van der Waals surface area (Å²) >= 11 is 0. The maximum Gasteiger partial charge on any atom is 0.165 e. The number of rotatable bonds is 8. The topological polar surface area (TPSA) is 21.3 Å². The molecule has 1 aromatic rings. The molecule has 0 heterocycles. The summed E-state index contributed by atoms with van der Waals surface area (Å²) < 4.78 is 19.5. The third-order valence-electron chi connectivity index (χ3n) is 2.90. The summed E-state index contributed by atoms with van der Waals surface area (Å²) in [6.45, 7) is 10.0. The molecule has 1 rings (SSSR count). The van der Waals surface area contributed by atoms with E-state index in [0.717, 1.165) is 24.9 Å². The van der Waals surface area contributed by atoms with E-state index < -0.39 is 0 Å². The van der Waals surface area contributed by atoms with Crippen LogP contribution in [0.25, 0.3) is 0 Å². The molecule has 0 bridgehead atoms. The van der Waals surface area contributed by atoms with E-state index in [0.29, 0.717) is 18.2 Å². The molecule has 19 heavy (non-hydrogen) atoms. The zero-order valence-electron chi connectivity index (χ0n) is 12.5. The standard InChI is InChI=1S/C16H26FNO/c1-5-6-13(4)19-16-8-7-14(9-15(16)17)11-18-10-12(2)3/h7-9,12-13,18H,5-6,10-11H2,1-4H3. The lowest BCUT2D eigenvalue weighted by Crippen LogP contribution is -2.19. The van der Waals surface area contributed by atoms with Gasteiger partial charge in [0.15, 0.2) is 11.6 Å². The van der Waals surface area contributed by atoms with Crippen molar-refractivity contribution >= 4 is 0 Å². The van der Waals surface area contributed by atoms with Crippen molar-refractivity contribution in [3.63, 3.8) is 0 Å². The lowest BCUT2D eigenvalue weighted by atomic mass is 10.2. The summed E-state index contributed by atoms with van der Waals surface area (Å²) in [7, 11) is 0. The molecule has 2 nitrogen and oxygen atoms in total. The molecule has 1 unspecified atom stereocenters. The van der Waals surface area contributed by atoms with Gasteiger partial charge in [0.1, 0.15) is 0 Å². The molecule has 0 spiro atoms. The minimum atomic E-state index is -0.271. The van der Waals surface area contributed by atoms with Crippen LogP contribution in [0, 0.1) is 11.7 Å². The zero-order valence-corrected chi connectivity index (χ0v) is 12.5. The molecule has 0 amide bonds. The van der Waals surface area contributed by atoms with E-state index in [4.69, 9.17) is 4.74 Å². The van der Waals surface area contributed by atoms with E-state index in [1.54, 1.807) is 12.1 Å². The maximum atomic E-state index is 13.9. The van der Waals surface area contributed by atoms with Crippen LogP contribution in [-0.4, -0.2) is 12.6 Å². The van der Waals surface area contributed by atoms with Crippen molar-refractivity contribution in [2.45, 2.75) is 53.2 Å². The Bertz CT molecular complexity index is 379. The Kier molecular flexibility index (Phi) is 6.85. The lowest BCUT2D eigenvalue weighted by Gasteiger charge is -2.15. The summed E-state index contributed by atoms with van der Waals surface area (Å²) in [4.78, 5) is 0. The second-order valence-electron chi connectivity index (χ2n) is 5.51. The fourth-order valence-corrected chi connectivity index (χ4v) is 1.94. The summed E-state index contributed by atoms with van der Waals surface area (Å²) in [5.41, 5.74) is 0.952. The Morgan fingerprint density at radius 3 is 2.58 bits per heavy atom. The Labute approximate surface area is 116 Å². The van der Waals surface area contributed by atoms with Crippen LogP contribution in [0.15, 0.2) is 18.2 Å². The molecule has 108 valence electrons.